The predicted octanol–water partition coefficient (Wildman–Crippen LogP) is 1.97. The average Bonchev–Trinajstić information content (AvgIpc) is 2.45. The zero-order valence-corrected chi connectivity index (χ0v) is 8.58. The second-order valence-electron chi connectivity index (χ2n) is 3.44. The van der Waals surface area contributed by atoms with Crippen molar-refractivity contribution in [3.8, 4) is 0 Å². The summed E-state index contributed by atoms with van der Waals surface area (Å²) in [6.07, 6.45) is 0.534. The number of nitrogens with one attached hydrogen (secondary N) is 1. The Labute approximate surface area is 87.6 Å². The smallest absolute Gasteiger partial charge is 0.242 e. The second-order valence-corrected chi connectivity index (χ2v) is 3.88. The minimum atomic E-state index is 0.0831. The molecule has 14 heavy (non-hydrogen) atoms. The quantitative estimate of drug-likeness (QED) is 0.769. The molecular formula is C10H11ClN2O. The second kappa shape index (κ2) is 3.59. The van der Waals surface area contributed by atoms with E-state index in [9.17, 15) is 4.79 Å². The van der Waals surface area contributed by atoms with E-state index in [2.05, 4.69) is 5.43 Å². The molecule has 1 N–H and O–H groups in total. The van der Waals surface area contributed by atoms with Gasteiger partial charge in [0.1, 0.15) is 0 Å². The third-order valence-corrected chi connectivity index (χ3v) is 2.38. The van der Waals surface area contributed by atoms with Crippen molar-refractivity contribution >= 4 is 23.2 Å². The summed E-state index contributed by atoms with van der Waals surface area (Å²) in [5.74, 6) is 0.0831. The molecule has 1 aliphatic rings. The van der Waals surface area contributed by atoms with Gasteiger partial charge in [-0.2, -0.15) is 0 Å². The zero-order valence-electron chi connectivity index (χ0n) is 7.83. The number of halogens is 1. The normalized spacial score (nSPS) is 21.7. The summed E-state index contributed by atoms with van der Waals surface area (Å²) in [5.41, 5.74) is 3.87. The summed E-state index contributed by atoms with van der Waals surface area (Å²) in [6, 6.07) is 7.44. The lowest BCUT2D eigenvalue weighted by atomic mass is 10.2. The summed E-state index contributed by atoms with van der Waals surface area (Å²) in [7, 11) is 0. The van der Waals surface area contributed by atoms with Crippen LogP contribution in [0.3, 0.4) is 0 Å². The number of rotatable bonds is 1. The number of hydrogen-bond acceptors (Lipinski definition) is 2. The number of carbonyl (C=O) groups is 1. The van der Waals surface area contributed by atoms with Gasteiger partial charge in [0.2, 0.25) is 5.91 Å². The Kier molecular flexibility index (Phi) is 2.44. The van der Waals surface area contributed by atoms with Crippen molar-refractivity contribution in [3.05, 3.63) is 29.3 Å². The van der Waals surface area contributed by atoms with E-state index < -0.39 is 0 Å². The molecule has 1 aromatic carbocycles. The monoisotopic (exact) mass is 210 g/mol. The van der Waals surface area contributed by atoms with Crippen LogP contribution in [0.1, 0.15) is 13.3 Å². The van der Waals surface area contributed by atoms with Gasteiger partial charge in [-0.1, -0.05) is 17.7 Å². The van der Waals surface area contributed by atoms with E-state index >= 15 is 0 Å². The lowest BCUT2D eigenvalue weighted by Gasteiger charge is -2.16. The molecule has 0 radical (unpaired) electrons. The number of anilines is 1. The molecule has 1 unspecified atom stereocenters. The van der Waals surface area contributed by atoms with E-state index in [1.165, 1.54) is 0 Å². The van der Waals surface area contributed by atoms with Crippen molar-refractivity contribution in [2.24, 2.45) is 0 Å². The molecule has 0 bridgehead atoms. The van der Waals surface area contributed by atoms with Crippen LogP contribution in [0, 0.1) is 0 Å². The molecule has 0 aromatic heterocycles. The number of amides is 1. The highest BCUT2D eigenvalue weighted by molar-refractivity contribution is 6.30. The van der Waals surface area contributed by atoms with E-state index in [0.717, 1.165) is 5.69 Å². The minimum Gasteiger partial charge on any atom is -0.273 e. The molecule has 4 heteroatoms. The fraction of sp³-hybridized carbons (Fsp3) is 0.300. The number of benzene rings is 1. The summed E-state index contributed by atoms with van der Waals surface area (Å²) in [4.78, 5) is 11.5. The van der Waals surface area contributed by atoms with Gasteiger partial charge in [-0.15, -0.1) is 0 Å². The first-order chi connectivity index (χ1) is 6.66. The molecular weight excluding hydrogens is 200 g/mol. The number of carbonyl (C=O) groups excluding carboxylic acids is 1. The maximum Gasteiger partial charge on any atom is 0.242 e. The highest BCUT2D eigenvalue weighted by Gasteiger charge is 2.26. The van der Waals surface area contributed by atoms with Crippen LogP contribution in [0.4, 0.5) is 5.69 Å². The van der Waals surface area contributed by atoms with Gasteiger partial charge in [-0.3, -0.25) is 4.79 Å². The first-order valence-corrected chi connectivity index (χ1v) is 4.89. The van der Waals surface area contributed by atoms with Crippen LogP contribution in [-0.4, -0.2) is 11.9 Å². The number of hydrazine groups is 1. The molecule has 1 atom stereocenters. The van der Waals surface area contributed by atoms with Gasteiger partial charge in [-0.25, -0.2) is 10.4 Å². The Bertz CT molecular complexity index is 367. The van der Waals surface area contributed by atoms with Crippen molar-refractivity contribution < 1.29 is 4.79 Å². The Balaban J connectivity index is 2.27. The van der Waals surface area contributed by atoms with E-state index in [-0.39, 0.29) is 11.9 Å². The lowest BCUT2D eigenvalue weighted by molar-refractivity contribution is -0.117. The Morgan fingerprint density at radius 1 is 1.57 bits per heavy atom. The molecule has 0 saturated carbocycles. The first-order valence-electron chi connectivity index (χ1n) is 4.51. The molecule has 0 aliphatic carbocycles. The largest absolute Gasteiger partial charge is 0.273 e. The van der Waals surface area contributed by atoms with Gasteiger partial charge >= 0.3 is 0 Å². The molecule has 1 fully saturated rings. The van der Waals surface area contributed by atoms with Gasteiger partial charge in [0.25, 0.3) is 0 Å². The standard InChI is InChI=1S/C10H11ClN2O/c1-7-5-10(14)13(12-7)9-4-2-3-8(11)6-9/h2-4,6-7,12H,5H2,1H3. The number of nitrogens with zero attached hydrogens (tertiary/aromatic N) is 1. The third-order valence-electron chi connectivity index (χ3n) is 2.15. The van der Waals surface area contributed by atoms with Crippen LogP contribution >= 0.6 is 11.6 Å². The van der Waals surface area contributed by atoms with Crippen molar-refractivity contribution in [2.75, 3.05) is 5.01 Å². The van der Waals surface area contributed by atoms with Gasteiger partial charge in [0.05, 0.1) is 5.69 Å². The molecule has 1 amide bonds. The Hall–Kier alpha value is -1.06. The highest BCUT2D eigenvalue weighted by Crippen LogP contribution is 2.21. The minimum absolute atomic E-state index is 0.0831. The van der Waals surface area contributed by atoms with Crippen molar-refractivity contribution in [1.29, 1.82) is 0 Å². The van der Waals surface area contributed by atoms with Gasteiger partial charge in [-0.05, 0) is 25.1 Å². The average molecular weight is 211 g/mol. The maximum atomic E-state index is 11.5. The summed E-state index contributed by atoms with van der Waals surface area (Å²) in [5, 5.41) is 2.19. The van der Waals surface area contributed by atoms with E-state index in [1.54, 1.807) is 17.1 Å². The van der Waals surface area contributed by atoms with Gasteiger partial charge in [0, 0.05) is 17.5 Å². The maximum absolute atomic E-state index is 11.5. The molecule has 1 saturated heterocycles. The highest BCUT2D eigenvalue weighted by atomic mass is 35.5. The van der Waals surface area contributed by atoms with Crippen LogP contribution in [0.15, 0.2) is 24.3 Å². The van der Waals surface area contributed by atoms with Gasteiger partial charge < -0.3 is 0 Å². The molecule has 1 aromatic rings. The number of hydrogen-bond donors (Lipinski definition) is 1. The topological polar surface area (TPSA) is 32.3 Å². The molecule has 2 rings (SSSR count). The van der Waals surface area contributed by atoms with Crippen LogP contribution < -0.4 is 10.4 Å². The predicted molar refractivity (Wildman–Crippen MR) is 56.2 cm³/mol. The fourth-order valence-corrected chi connectivity index (χ4v) is 1.71. The van der Waals surface area contributed by atoms with Crippen LogP contribution in [0.5, 0.6) is 0 Å². The molecule has 74 valence electrons. The lowest BCUT2D eigenvalue weighted by Crippen LogP contribution is -2.36. The van der Waals surface area contributed by atoms with E-state index in [4.69, 9.17) is 11.6 Å². The van der Waals surface area contributed by atoms with Crippen LogP contribution in [0.25, 0.3) is 0 Å². The van der Waals surface area contributed by atoms with Gasteiger partial charge in [0.15, 0.2) is 0 Å². The van der Waals surface area contributed by atoms with E-state index in [0.29, 0.717) is 11.4 Å². The molecule has 1 heterocycles. The fourth-order valence-electron chi connectivity index (χ4n) is 1.52. The van der Waals surface area contributed by atoms with E-state index in [1.807, 2.05) is 19.1 Å². The SMILES string of the molecule is CC1CC(=O)N(c2cccc(Cl)c2)N1. The summed E-state index contributed by atoms with van der Waals surface area (Å²) in [6.45, 7) is 1.97. The van der Waals surface area contributed by atoms with Crippen LogP contribution in [-0.2, 0) is 4.79 Å². The zero-order chi connectivity index (χ0) is 10.1. The third kappa shape index (κ3) is 1.74. The molecule has 3 nitrogen and oxygen atoms in total. The molecule has 1 aliphatic heterocycles. The van der Waals surface area contributed by atoms with Crippen LogP contribution in [0.2, 0.25) is 5.02 Å². The van der Waals surface area contributed by atoms with Crippen molar-refractivity contribution in [3.63, 3.8) is 0 Å². The first kappa shape index (κ1) is 9.49. The van der Waals surface area contributed by atoms with Crippen molar-refractivity contribution in [2.45, 2.75) is 19.4 Å². The summed E-state index contributed by atoms with van der Waals surface area (Å²) >= 11 is 5.84. The summed E-state index contributed by atoms with van der Waals surface area (Å²) < 4.78 is 0. The van der Waals surface area contributed by atoms with Crippen molar-refractivity contribution in [1.82, 2.24) is 5.43 Å². The Morgan fingerprint density at radius 2 is 2.36 bits per heavy atom. The molecule has 0 spiro atoms. The Morgan fingerprint density at radius 3 is 2.93 bits per heavy atom.